The van der Waals surface area contributed by atoms with Gasteiger partial charge >= 0.3 is 0 Å². The first-order valence-corrected chi connectivity index (χ1v) is 13.6. The fourth-order valence-corrected chi connectivity index (χ4v) is 4.74. The van der Waals surface area contributed by atoms with Crippen LogP contribution in [0.1, 0.15) is 38.3 Å². The first-order chi connectivity index (χ1) is 16.4. The van der Waals surface area contributed by atoms with E-state index in [9.17, 15) is 18.0 Å². The van der Waals surface area contributed by atoms with Crippen LogP contribution in [0, 0.1) is 6.92 Å². The molecular weight excluding hydrogens is 490 g/mol. The van der Waals surface area contributed by atoms with E-state index < -0.39 is 28.5 Å². The molecule has 8 nitrogen and oxygen atoms in total. The SMILES string of the molecule is CCC(C(=O)NC(C)C)N(Cc1ccccc1C)C(=O)CN(c1cc(Cl)ccc1OC)S(C)(=O)=O. The number of methoxy groups -OCH3 is 1. The fourth-order valence-electron chi connectivity index (χ4n) is 3.72. The molecule has 0 bridgehead atoms. The number of anilines is 1. The average molecular weight is 524 g/mol. The minimum Gasteiger partial charge on any atom is -0.495 e. The number of aryl methyl sites for hydroxylation is 1. The zero-order valence-electron chi connectivity index (χ0n) is 21.0. The van der Waals surface area contributed by atoms with Gasteiger partial charge in [0.1, 0.15) is 18.3 Å². The molecular formula is C25H34ClN3O5S. The summed E-state index contributed by atoms with van der Waals surface area (Å²) in [4.78, 5) is 28.2. The number of halogens is 1. The number of nitrogens with zero attached hydrogens (tertiary/aromatic N) is 2. The van der Waals surface area contributed by atoms with E-state index in [4.69, 9.17) is 16.3 Å². The summed E-state index contributed by atoms with van der Waals surface area (Å²) >= 11 is 6.13. The van der Waals surface area contributed by atoms with Crippen molar-refractivity contribution < 1.29 is 22.7 Å². The summed E-state index contributed by atoms with van der Waals surface area (Å²) in [6.07, 6.45) is 1.37. The van der Waals surface area contributed by atoms with Crippen LogP contribution in [0.25, 0.3) is 0 Å². The second kappa shape index (κ2) is 12.3. The van der Waals surface area contributed by atoms with Gasteiger partial charge in [-0.25, -0.2) is 8.42 Å². The number of carbonyl (C=O) groups is 2. The normalized spacial score (nSPS) is 12.2. The molecule has 0 heterocycles. The van der Waals surface area contributed by atoms with Gasteiger partial charge in [0.2, 0.25) is 21.8 Å². The molecule has 35 heavy (non-hydrogen) atoms. The van der Waals surface area contributed by atoms with Gasteiger partial charge in [0.25, 0.3) is 0 Å². The molecule has 0 fully saturated rings. The van der Waals surface area contributed by atoms with Crippen LogP contribution in [-0.2, 0) is 26.2 Å². The van der Waals surface area contributed by atoms with E-state index in [1.165, 1.54) is 24.1 Å². The molecule has 192 valence electrons. The Labute approximate surface area is 213 Å². The molecule has 0 saturated heterocycles. The topological polar surface area (TPSA) is 96.0 Å². The first kappa shape index (κ1) is 28.5. The van der Waals surface area contributed by atoms with E-state index in [2.05, 4.69) is 5.32 Å². The third kappa shape index (κ3) is 7.60. The van der Waals surface area contributed by atoms with Gasteiger partial charge in [0.15, 0.2) is 0 Å². The summed E-state index contributed by atoms with van der Waals surface area (Å²) in [5.41, 5.74) is 1.97. The largest absolute Gasteiger partial charge is 0.495 e. The van der Waals surface area contributed by atoms with Crippen molar-refractivity contribution in [3.63, 3.8) is 0 Å². The maximum absolute atomic E-state index is 13.7. The second-order valence-electron chi connectivity index (χ2n) is 8.62. The van der Waals surface area contributed by atoms with Gasteiger partial charge in [-0.1, -0.05) is 42.8 Å². The molecule has 1 atom stereocenters. The summed E-state index contributed by atoms with van der Waals surface area (Å²) in [5.74, 6) is -0.565. The Balaban J connectivity index is 2.53. The second-order valence-corrected chi connectivity index (χ2v) is 11.0. The zero-order valence-corrected chi connectivity index (χ0v) is 22.6. The Morgan fingerprint density at radius 2 is 1.80 bits per heavy atom. The Hall–Kier alpha value is -2.78. The van der Waals surface area contributed by atoms with Crippen molar-refractivity contribution in [1.82, 2.24) is 10.2 Å². The molecule has 0 aliphatic rings. The van der Waals surface area contributed by atoms with E-state index in [0.29, 0.717) is 11.4 Å². The molecule has 0 radical (unpaired) electrons. The first-order valence-electron chi connectivity index (χ1n) is 11.3. The molecule has 2 rings (SSSR count). The van der Waals surface area contributed by atoms with Gasteiger partial charge in [0, 0.05) is 17.6 Å². The van der Waals surface area contributed by atoms with Crippen LogP contribution in [0.5, 0.6) is 5.75 Å². The summed E-state index contributed by atoms with van der Waals surface area (Å²) in [5, 5.41) is 3.16. The number of rotatable bonds is 11. The predicted molar refractivity (Wildman–Crippen MR) is 139 cm³/mol. The quantitative estimate of drug-likeness (QED) is 0.484. The Morgan fingerprint density at radius 1 is 1.14 bits per heavy atom. The molecule has 0 spiro atoms. The lowest BCUT2D eigenvalue weighted by molar-refractivity contribution is -0.140. The van der Waals surface area contributed by atoms with E-state index in [1.807, 2.05) is 52.0 Å². The van der Waals surface area contributed by atoms with Gasteiger partial charge in [-0.05, 0) is 56.5 Å². The highest BCUT2D eigenvalue weighted by molar-refractivity contribution is 7.92. The number of ether oxygens (including phenoxy) is 1. The van der Waals surface area contributed by atoms with Crippen LogP contribution >= 0.6 is 11.6 Å². The third-order valence-electron chi connectivity index (χ3n) is 5.51. The molecule has 0 saturated carbocycles. The van der Waals surface area contributed by atoms with Crippen LogP contribution in [0.15, 0.2) is 42.5 Å². The van der Waals surface area contributed by atoms with Gasteiger partial charge in [-0.3, -0.25) is 13.9 Å². The van der Waals surface area contributed by atoms with Crippen LogP contribution in [-0.4, -0.2) is 57.1 Å². The van der Waals surface area contributed by atoms with E-state index in [1.54, 1.807) is 6.07 Å². The Kier molecular flexibility index (Phi) is 9.97. The van der Waals surface area contributed by atoms with Crippen molar-refractivity contribution >= 4 is 39.1 Å². The highest BCUT2D eigenvalue weighted by Crippen LogP contribution is 2.33. The van der Waals surface area contributed by atoms with Crippen molar-refractivity contribution in [2.24, 2.45) is 0 Å². The zero-order chi connectivity index (χ0) is 26.3. The monoisotopic (exact) mass is 523 g/mol. The van der Waals surface area contributed by atoms with Crippen molar-refractivity contribution in [3.05, 3.63) is 58.6 Å². The number of hydrogen-bond donors (Lipinski definition) is 1. The molecule has 0 aliphatic carbocycles. The van der Waals surface area contributed by atoms with Gasteiger partial charge in [-0.2, -0.15) is 0 Å². The van der Waals surface area contributed by atoms with Crippen molar-refractivity contribution in [1.29, 1.82) is 0 Å². The molecule has 10 heteroatoms. The third-order valence-corrected chi connectivity index (χ3v) is 6.87. The summed E-state index contributed by atoms with van der Waals surface area (Å²) < 4.78 is 31.8. The van der Waals surface area contributed by atoms with Crippen LogP contribution in [0.2, 0.25) is 5.02 Å². The predicted octanol–water partition coefficient (Wildman–Crippen LogP) is 3.76. The molecule has 1 N–H and O–H groups in total. The minimum absolute atomic E-state index is 0.116. The molecule has 2 aromatic rings. The molecule has 2 amide bonds. The van der Waals surface area contributed by atoms with Crippen LogP contribution < -0.4 is 14.4 Å². The van der Waals surface area contributed by atoms with E-state index in [-0.39, 0.29) is 29.9 Å². The Morgan fingerprint density at radius 3 is 2.34 bits per heavy atom. The number of sulfonamides is 1. The van der Waals surface area contributed by atoms with Crippen LogP contribution in [0.3, 0.4) is 0 Å². The van der Waals surface area contributed by atoms with E-state index in [0.717, 1.165) is 21.7 Å². The number of hydrogen-bond acceptors (Lipinski definition) is 5. The van der Waals surface area contributed by atoms with Crippen molar-refractivity contribution in [2.75, 3.05) is 24.2 Å². The summed E-state index contributed by atoms with van der Waals surface area (Å²) in [6, 6.07) is 11.2. The summed E-state index contributed by atoms with van der Waals surface area (Å²) in [7, 11) is -2.50. The van der Waals surface area contributed by atoms with Gasteiger partial charge in [0.05, 0.1) is 19.1 Å². The lowest BCUT2D eigenvalue weighted by Crippen LogP contribution is -2.53. The van der Waals surface area contributed by atoms with E-state index >= 15 is 0 Å². The number of amides is 2. The standard InChI is InChI=1S/C25H34ClN3O5S/c1-7-21(25(31)27-17(2)3)28(15-19-11-9-8-10-18(19)4)24(30)16-29(35(6,32)33)22-14-20(26)12-13-23(22)34-5/h8-14,17,21H,7,15-16H2,1-6H3,(H,27,31). The Bertz CT molecular complexity index is 1150. The van der Waals surface area contributed by atoms with Gasteiger partial charge < -0.3 is 15.0 Å². The highest BCUT2D eigenvalue weighted by Gasteiger charge is 2.33. The fraction of sp³-hybridized carbons (Fsp3) is 0.440. The molecule has 0 aromatic heterocycles. The number of nitrogens with one attached hydrogen (secondary N) is 1. The average Bonchev–Trinajstić information content (AvgIpc) is 2.77. The highest BCUT2D eigenvalue weighted by atomic mass is 35.5. The lowest BCUT2D eigenvalue weighted by atomic mass is 10.1. The van der Waals surface area contributed by atoms with Crippen LogP contribution in [0.4, 0.5) is 5.69 Å². The maximum Gasteiger partial charge on any atom is 0.244 e. The number of carbonyl (C=O) groups excluding carboxylic acids is 2. The number of benzene rings is 2. The van der Waals surface area contributed by atoms with Gasteiger partial charge in [-0.15, -0.1) is 0 Å². The minimum atomic E-state index is -3.90. The summed E-state index contributed by atoms with van der Waals surface area (Å²) in [6.45, 7) is 7.06. The molecule has 0 aliphatic heterocycles. The molecule has 2 aromatic carbocycles. The smallest absolute Gasteiger partial charge is 0.244 e. The van der Waals surface area contributed by atoms with Crippen molar-refractivity contribution in [2.45, 2.75) is 52.7 Å². The maximum atomic E-state index is 13.7. The lowest BCUT2D eigenvalue weighted by Gasteiger charge is -2.33. The molecule has 1 unspecified atom stereocenters. The van der Waals surface area contributed by atoms with Crippen molar-refractivity contribution in [3.8, 4) is 5.75 Å².